The highest BCUT2D eigenvalue weighted by atomic mass is 19.4. The number of alkyl carbamates (subject to hydrolysis) is 1. The molecule has 10 heteroatoms. The van der Waals surface area contributed by atoms with Gasteiger partial charge >= 0.3 is 18.2 Å². The number of benzene rings is 2. The topological polar surface area (TPSA) is 105 Å². The van der Waals surface area contributed by atoms with Crippen molar-refractivity contribution in [3.8, 4) is 11.1 Å². The van der Waals surface area contributed by atoms with Crippen molar-refractivity contribution in [2.75, 3.05) is 6.61 Å². The number of hydrogen-bond donors (Lipinski definition) is 3. The lowest BCUT2D eigenvalue weighted by Crippen LogP contribution is -2.57. The summed E-state index contributed by atoms with van der Waals surface area (Å²) in [5, 5.41) is 12.4. The lowest BCUT2D eigenvalue weighted by atomic mass is 9.98. The van der Waals surface area contributed by atoms with E-state index in [9.17, 15) is 27.6 Å². The van der Waals surface area contributed by atoms with Gasteiger partial charge in [-0.25, -0.2) is 9.59 Å². The molecule has 176 valence electrons. The maximum absolute atomic E-state index is 13.4. The third-order valence-electron chi connectivity index (χ3n) is 5.39. The van der Waals surface area contributed by atoms with Gasteiger partial charge in [-0.3, -0.25) is 4.79 Å². The molecule has 0 heterocycles. The number of aliphatic carboxylic acids is 1. The molecule has 0 radical (unpaired) electrons. The molecule has 0 saturated heterocycles. The molecule has 2 aromatic carbocycles. The molecule has 0 fully saturated rings. The molecule has 1 aliphatic carbocycles. The first-order chi connectivity index (χ1) is 15.6. The lowest BCUT2D eigenvalue weighted by molar-refractivity contribution is -0.169. The van der Waals surface area contributed by atoms with E-state index in [1.54, 1.807) is 6.92 Å². The first-order valence-electron chi connectivity index (χ1n) is 10.3. The summed E-state index contributed by atoms with van der Waals surface area (Å²) in [6.45, 7) is 1.39. The molecular formula is C23H23F3N2O5. The molecule has 1 unspecified atom stereocenters. The van der Waals surface area contributed by atoms with E-state index in [4.69, 9.17) is 9.84 Å². The third-order valence-corrected chi connectivity index (χ3v) is 5.39. The minimum Gasteiger partial charge on any atom is -0.480 e. The van der Waals surface area contributed by atoms with Crippen molar-refractivity contribution in [2.45, 2.75) is 43.9 Å². The number of fused-ring (bicyclic) bond motifs is 3. The van der Waals surface area contributed by atoms with Gasteiger partial charge in [0, 0.05) is 5.92 Å². The van der Waals surface area contributed by atoms with Crippen LogP contribution >= 0.6 is 0 Å². The number of carboxylic acid groups (broad SMARTS) is 1. The number of hydrogen-bond acceptors (Lipinski definition) is 4. The predicted octanol–water partition coefficient (Wildman–Crippen LogP) is 3.83. The van der Waals surface area contributed by atoms with Crippen LogP contribution in [0.4, 0.5) is 18.0 Å². The molecule has 0 spiro atoms. The first kappa shape index (κ1) is 24.1. The molecule has 0 bridgehead atoms. The second-order valence-electron chi connectivity index (χ2n) is 7.63. The lowest BCUT2D eigenvalue weighted by Gasteiger charge is -2.23. The van der Waals surface area contributed by atoms with E-state index in [0.29, 0.717) is 6.42 Å². The molecule has 0 aliphatic heterocycles. The molecule has 2 amide bonds. The first-order valence-corrected chi connectivity index (χ1v) is 10.3. The van der Waals surface area contributed by atoms with Crippen molar-refractivity contribution in [3.05, 3.63) is 59.7 Å². The van der Waals surface area contributed by atoms with Crippen LogP contribution in [0.15, 0.2) is 48.5 Å². The van der Waals surface area contributed by atoms with Crippen molar-refractivity contribution in [2.24, 2.45) is 0 Å². The van der Waals surface area contributed by atoms with Gasteiger partial charge in [-0.1, -0.05) is 61.9 Å². The number of carbonyl (C=O) groups is 3. The molecule has 0 saturated carbocycles. The van der Waals surface area contributed by atoms with Crippen LogP contribution in [0.25, 0.3) is 11.1 Å². The number of alkyl halides is 3. The van der Waals surface area contributed by atoms with Crippen molar-refractivity contribution >= 4 is 18.0 Å². The highest BCUT2D eigenvalue weighted by Gasteiger charge is 2.47. The summed E-state index contributed by atoms with van der Waals surface area (Å²) in [6, 6.07) is 10.4. The van der Waals surface area contributed by atoms with E-state index in [2.05, 4.69) is 0 Å². The van der Waals surface area contributed by atoms with Gasteiger partial charge in [-0.15, -0.1) is 0 Å². The number of ether oxygens (including phenoxy) is 1. The fourth-order valence-corrected chi connectivity index (χ4v) is 3.86. The number of rotatable bonds is 8. The van der Waals surface area contributed by atoms with E-state index >= 15 is 0 Å². The second-order valence-corrected chi connectivity index (χ2v) is 7.63. The van der Waals surface area contributed by atoms with Crippen LogP contribution in [0.1, 0.15) is 36.8 Å². The summed E-state index contributed by atoms with van der Waals surface area (Å²) >= 11 is 0. The normalized spacial score (nSPS) is 14.5. The van der Waals surface area contributed by atoms with E-state index in [-0.39, 0.29) is 18.9 Å². The monoisotopic (exact) mass is 464 g/mol. The highest BCUT2D eigenvalue weighted by molar-refractivity contribution is 5.90. The number of halogens is 3. The Kier molecular flexibility index (Phi) is 7.25. The van der Waals surface area contributed by atoms with Gasteiger partial charge in [0.1, 0.15) is 12.6 Å². The molecule has 33 heavy (non-hydrogen) atoms. The summed E-state index contributed by atoms with van der Waals surface area (Å²) in [4.78, 5) is 35.5. The van der Waals surface area contributed by atoms with Gasteiger partial charge in [0.05, 0.1) is 0 Å². The highest BCUT2D eigenvalue weighted by Crippen LogP contribution is 2.44. The minimum atomic E-state index is -5.15. The van der Waals surface area contributed by atoms with Crippen molar-refractivity contribution in [1.29, 1.82) is 0 Å². The summed E-state index contributed by atoms with van der Waals surface area (Å²) in [5.41, 5.74) is 3.65. The maximum atomic E-state index is 13.4. The summed E-state index contributed by atoms with van der Waals surface area (Å²) in [6.07, 6.45) is -6.31. The van der Waals surface area contributed by atoms with E-state index in [1.165, 1.54) is 5.32 Å². The summed E-state index contributed by atoms with van der Waals surface area (Å²) < 4.78 is 45.3. The Bertz CT molecular complexity index is 995. The third kappa shape index (κ3) is 5.44. The summed E-state index contributed by atoms with van der Waals surface area (Å²) in [7, 11) is 0. The number of carboxylic acids is 1. The zero-order valence-electron chi connectivity index (χ0n) is 17.7. The Morgan fingerprint density at radius 2 is 1.55 bits per heavy atom. The van der Waals surface area contributed by atoms with Gasteiger partial charge in [0.25, 0.3) is 5.91 Å². The number of carbonyl (C=O) groups excluding carboxylic acids is 2. The van der Waals surface area contributed by atoms with Crippen LogP contribution in [0.5, 0.6) is 0 Å². The second kappa shape index (κ2) is 9.93. The Hall–Kier alpha value is -3.56. The van der Waals surface area contributed by atoms with Gasteiger partial charge < -0.3 is 20.5 Å². The molecule has 3 N–H and O–H groups in total. The average molecular weight is 464 g/mol. The van der Waals surface area contributed by atoms with Crippen molar-refractivity contribution in [1.82, 2.24) is 10.6 Å². The van der Waals surface area contributed by atoms with E-state index < -0.39 is 36.2 Å². The minimum absolute atomic E-state index is 0.0589. The molecule has 1 aliphatic rings. The van der Waals surface area contributed by atoms with E-state index in [0.717, 1.165) is 22.3 Å². The Morgan fingerprint density at radius 3 is 2.03 bits per heavy atom. The van der Waals surface area contributed by atoms with Crippen molar-refractivity contribution < 1.29 is 37.4 Å². The van der Waals surface area contributed by atoms with Gasteiger partial charge in [-0.2, -0.15) is 13.2 Å². The van der Waals surface area contributed by atoms with Crippen LogP contribution < -0.4 is 10.6 Å². The average Bonchev–Trinajstić information content (AvgIpc) is 3.08. The molecule has 2 atom stereocenters. The molecular weight excluding hydrogens is 441 g/mol. The molecule has 2 aromatic rings. The molecule has 7 nitrogen and oxygen atoms in total. The van der Waals surface area contributed by atoms with Crippen molar-refractivity contribution in [3.63, 3.8) is 0 Å². The van der Waals surface area contributed by atoms with Crippen LogP contribution in [-0.4, -0.2) is 47.9 Å². The zero-order valence-corrected chi connectivity index (χ0v) is 17.7. The van der Waals surface area contributed by atoms with Crippen LogP contribution in [0.2, 0.25) is 0 Å². The SMILES string of the molecule is CCC[C@H](NC(=O)C(NC(=O)OCC1c2ccccc2-c2ccccc21)C(F)(F)F)C(=O)O. The predicted molar refractivity (Wildman–Crippen MR) is 113 cm³/mol. The largest absolute Gasteiger partial charge is 0.480 e. The Morgan fingerprint density at radius 1 is 1.00 bits per heavy atom. The smallest absolute Gasteiger partial charge is 0.417 e. The Labute approximate surface area is 187 Å². The van der Waals surface area contributed by atoms with Crippen LogP contribution in [0, 0.1) is 0 Å². The molecule has 3 rings (SSSR count). The quantitative estimate of drug-likeness (QED) is 0.551. The standard InChI is InChI=1S/C23H23F3N2O5/c1-2-7-18(21(30)31)27-20(29)19(23(24,25)26)28-22(32)33-12-17-15-10-5-3-8-13(15)14-9-4-6-11-16(14)17/h3-6,8-11,17-19H,2,7,12H2,1H3,(H,27,29)(H,28,32)(H,30,31)/t18-,19?/m0/s1. The zero-order chi connectivity index (χ0) is 24.2. The van der Waals surface area contributed by atoms with E-state index in [1.807, 2.05) is 53.8 Å². The number of amides is 2. The fraction of sp³-hybridized carbons (Fsp3) is 0.348. The van der Waals surface area contributed by atoms with Crippen LogP contribution in [-0.2, 0) is 14.3 Å². The summed E-state index contributed by atoms with van der Waals surface area (Å²) in [5.74, 6) is -3.51. The van der Waals surface area contributed by atoms with Gasteiger partial charge in [0.2, 0.25) is 6.04 Å². The van der Waals surface area contributed by atoms with Crippen LogP contribution in [0.3, 0.4) is 0 Å². The fourth-order valence-electron chi connectivity index (χ4n) is 3.86. The number of nitrogens with one attached hydrogen (secondary N) is 2. The maximum Gasteiger partial charge on any atom is 0.417 e. The molecule has 0 aromatic heterocycles. The van der Waals surface area contributed by atoms with Gasteiger partial charge in [0.15, 0.2) is 0 Å². The Balaban J connectivity index is 1.69. The van der Waals surface area contributed by atoms with Gasteiger partial charge in [-0.05, 0) is 28.7 Å².